The number of nitriles is 1. The molecule has 0 unspecified atom stereocenters. The molecule has 156 valence electrons. The summed E-state index contributed by atoms with van der Waals surface area (Å²) in [5, 5.41) is 22.1. The Kier molecular flexibility index (Phi) is 5.18. The van der Waals surface area contributed by atoms with Crippen molar-refractivity contribution in [3.05, 3.63) is 54.0 Å². The zero-order valence-electron chi connectivity index (χ0n) is 17.1. The Hall–Kier alpha value is -3.57. The van der Waals surface area contributed by atoms with Gasteiger partial charge in [0, 0.05) is 37.2 Å². The van der Waals surface area contributed by atoms with E-state index in [-0.39, 0.29) is 6.10 Å². The lowest BCUT2D eigenvalue weighted by Gasteiger charge is -2.29. The molecule has 0 spiro atoms. The summed E-state index contributed by atoms with van der Waals surface area (Å²) in [6.45, 7) is 1.53. The molecule has 5 rings (SSSR count). The molecule has 1 aliphatic carbocycles. The van der Waals surface area contributed by atoms with Crippen molar-refractivity contribution < 1.29 is 5.11 Å². The van der Waals surface area contributed by atoms with E-state index in [0.717, 1.165) is 37.2 Å². The molecule has 31 heavy (non-hydrogen) atoms. The Balaban J connectivity index is 1.41. The zero-order valence-corrected chi connectivity index (χ0v) is 17.1. The minimum Gasteiger partial charge on any atom is -0.393 e. The Morgan fingerprint density at radius 2 is 1.77 bits per heavy atom. The van der Waals surface area contributed by atoms with Crippen molar-refractivity contribution in [2.75, 3.05) is 23.3 Å². The monoisotopic (exact) mass is 413 g/mol. The zero-order chi connectivity index (χ0) is 21.2. The van der Waals surface area contributed by atoms with E-state index in [1.54, 1.807) is 18.3 Å². The van der Waals surface area contributed by atoms with Crippen LogP contribution in [0.5, 0.6) is 0 Å². The number of piperidine rings is 1. The lowest BCUT2D eigenvalue weighted by atomic mass is 10.1. The van der Waals surface area contributed by atoms with Crippen LogP contribution in [0.1, 0.15) is 42.7 Å². The molecule has 8 nitrogen and oxygen atoms in total. The highest BCUT2D eigenvalue weighted by molar-refractivity contribution is 5.64. The fourth-order valence-corrected chi connectivity index (χ4v) is 3.80. The molecule has 1 saturated heterocycles. The lowest BCUT2D eigenvalue weighted by Crippen LogP contribution is -2.36. The van der Waals surface area contributed by atoms with Gasteiger partial charge in [-0.3, -0.25) is 0 Å². The van der Waals surface area contributed by atoms with Gasteiger partial charge in [-0.2, -0.15) is 5.26 Å². The number of nitrogens with one attached hydrogen (secondary N) is 1. The van der Waals surface area contributed by atoms with Gasteiger partial charge in [-0.15, -0.1) is 0 Å². The van der Waals surface area contributed by atoms with Crippen molar-refractivity contribution in [1.82, 2.24) is 19.9 Å². The first-order valence-corrected chi connectivity index (χ1v) is 10.6. The van der Waals surface area contributed by atoms with Gasteiger partial charge < -0.3 is 15.3 Å². The number of aromatic nitrogens is 4. The highest BCUT2D eigenvalue weighted by atomic mass is 16.3. The maximum Gasteiger partial charge on any atom is 0.225 e. The van der Waals surface area contributed by atoms with Crippen molar-refractivity contribution in [1.29, 1.82) is 5.26 Å². The van der Waals surface area contributed by atoms with Crippen LogP contribution in [0.25, 0.3) is 11.3 Å². The van der Waals surface area contributed by atoms with Gasteiger partial charge in [0.1, 0.15) is 11.6 Å². The van der Waals surface area contributed by atoms with Gasteiger partial charge in [0.05, 0.1) is 23.4 Å². The number of nitrogens with zero attached hydrogens (tertiary/aromatic N) is 6. The molecule has 2 fully saturated rings. The highest BCUT2D eigenvalue weighted by Gasteiger charge is 2.25. The molecule has 0 atom stereocenters. The number of hydrogen-bond donors (Lipinski definition) is 2. The fourth-order valence-electron chi connectivity index (χ4n) is 3.80. The normalized spacial score (nSPS) is 16.7. The Morgan fingerprint density at radius 3 is 2.48 bits per heavy atom. The minimum atomic E-state index is -0.223. The summed E-state index contributed by atoms with van der Waals surface area (Å²) in [5.74, 6) is 2.52. The predicted octanol–water partition coefficient (Wildman–Crippen LogP) is 3.39. The van der Waals surface area contributed by atoms with Crippen LogP contribution < -0.4 is 10.2 Å². The molecule has 1 saturated carbocycles. The SMILES string of the molecule is N#Cc1ccnc(Nc2cc(C3CC3)cc(-c3cnc(N4CCC(O)CC4)nc3)n2)c1. The first kappa shape index (κ1) is 19.4. The number of aliphatic hydroxyl groups excluding tert-OH is 1. The van der Waals surface area contributed by atoms with Crippen molar-refractivity contribution in [3.63, 3.8) is 0 Å². The summed E-state index contributed by atoms with van der Waals surface area (Å²) in [6, 6.07) is 9.67. The van der Waals surface area contributed by atoms with Crippen LogP contribution in [-0.4, -0.2) is 44.2 Å². The fraction of sp³-hybridized carbons (Fsp3) is 0.348. The Labute approximate surface area is 180 Å². The van der Waals surface area contributed by atoms with Crippen LogP contribution in [0.4, 0.5) is 17.6 Å². The average molecular weight is 413 g/mol. The van der Waals surface area contributed by atoms with Gasteiger partial charge in [-0.1, -0.05) is 0 Å². The molecule has 2 N–H and O–H groups in total. The van der Waals surface area contributed by atoms with Crippen LogP contribution in [0.3, 0.4) is 0 Å². The minimum absolute atomic E-state index is 0.223. The topological polar surface area (TPSA) is 111 Å². The van der Waals surface area contributed by atoms with Crippen molar-refractivity contribution in [3.8, 4) is 17.3 Å². The first-order valence-electron chi connectivity index (χ1n) is 10.6. The van der Waals surface area contributed by atoms with Crippen LogP contribution >= 0.6 is 0 Å². The molecule has 0 radical (unpaired) electrons. The molecule has 4 heterocycles. The number of pyridine rings is 2. The third-order valence-corrected chi connectivity index (χ3v) is 5.72. The van der Waals surface area contributed by atoms with E-state index in [0.29, 0.717) is 29.1 Å². The molecule has 0 amide bonds. The van der Waals surface area contributed by atoms with E-state index in [4.69, 9.17) is 10.2 Å². The van der Waals surface area contributed by atoms with Crippen LogP contribution in [0.2, 0.25) is 0 Å². The number of rotatable bonds is 5. The van der Waals surface area contributed by atoms with Crippen molar-refractivity contribution >= 4 is 17.6 Å². The molecule has 1 aliphatic heterocycles. The highest BCUT2D eigenvalue weighted by Crippen LogP contribution is 2.42. The van der Waals surface area contributed by atoms with Gasteiger partial charge >= 0.3 is 0 Å². The summed E-state index contributed by atoms with van der Waals surface area (Å²) >= 11 is 0. The molecule has 3 aromatic heterocycles. The second kappa shape index (κ2) is 8.28. The quantitative estimate of drug-likeness (QED) is 0.655. The Bertz CT molecular complexity index is 1110. The summed E-state index contributed by atoms with van der Waals surface area (Å²) in [7, 11) is 0. The maximum atomic E-state index is 9.70. The van der Waals surface area contributed by atoms with E-state index in [2.05, 4.69) is 43.4 Å². The Morgan fingerprint density at radius 1 is 1.00 bits per heavy atom. The third kappa shape index (κ3) is 4.47. The summed E-state index contributed by atoms with van der Waals surface area (Å²) in [4.78, 5) is 20.3. The molecular weight excluding hydrogens is 390 g/mol. The molecule has 2 aliphatic rings. The van der Waals surface area contributed by atoms with E-state index in [9.17, 15) is 5.11 Å². The molecule has 0 aromatic carbocycles. The summed E-state index contributed by atoms with van der Waals surface area (Å²) in [6.07, 6.45) is 8.86. The summed E-state index contributed by atoms with van der Waals surface area (Å²) < 4.78 is 0. The van der Waals surface area contributed by atoms with Crippen LogP contribution in [0.15, 0.2) is 42.9 Å². The molecular formula is C23H23N7O. The second-order valence-electron chi connectivity index (χ2n) is 8.10. The standard InChI is InChI=1S/C23H23N7O/c24-12-15-3-6-25-21(9-15)29-22-11-17(16-1-2-16)10-20(28-22)18-13-26-23(27-14-18)30-7-4-19(31)5-8-30/h3,6,9-11,13-14,16,19,31H,1-2,4-5,7-8H2,(H,25,28,29). The van der Waals surface area contributed by atoms with Gasteiger partial charge in [0.2, 0.25) is 5.95 Å². The van der Waals surface area contributed by atoms with Gasteiger partial charge in [-0.05, 0) is 61.4 Å². The number of aliphatic hydroxyl groups is 1. The van der Waals surface area contributed by atoms with Crippen LogP contribution in [-0.2, 0) is 0 Å². The maximum absolute atomic E-state index is 9.70. The van der Waals surface area contributed by atoms with Crippen LogP contribution in [0, 0.1) is 11.3 Å². The smallest absolute Gasteiger partial charge is 0.225 e. The van der Waals surface area contributed by atoms with E-state index < -0.39 is 0 Å². The van der Waals surface area contributed by atoms with Gasteiger partial charge in [0.15, 0.2) is 0 Å². The second-order valence-corrected chi connectivity index (χ2v) is 8.10. The predicted molar refractivity (Wildman–Crippen MR) is 117 cm³/mol. The first-order chi connectivity index (χ1) is 15.2. The summed E-state index contributed by atoms with van der Waals surface area (Å²) in [5.41, 5.74) is 3.44. The van der Waals surface area contributed by atoms with E-state index >= 15 is 0 Å². The third-order valence-electron chi connectivity index (χ3n) is 5.72. The molecule has 0 bridgehead atoms. The molecule has 3 aromatic rings. The van der Waals surface area contributed by atoms with Gasteiger partial charge in [0.25, 0.3) is 0 Å². The van der Waals surface area contributed by atoms with Crippen molar-refractivity contribution in [2.45, 2.75) is 37.7 Å². The largest absolute Gasteiger partial charge is 0.393 e. The number of anilines is 3. The van der Waals surface area contributed by atoms with E-state index in [1.807, 2.05) is 12.4 Å². The average Bonchev–Trinajstić information content (AvgIpc) is 3.65. The number of hydrogen-bond acceptors (Lipinski definition) is 8. The van der Waals surface area contributed by atoms with E-state index in [1.165, 1.54) is 18.4 Å². The van der Waals surface area contributed by atoms with Crippen molar-refractivity contribution in [2.24, 2.45) is 0 Å². The lowest BCUT2D eigenvalue weighted by molar-refractivity contribution is 0.145. The van der Waals surface area contributed by atoms with Gasteiger partial charge in [-0.25, -0.2) is 19.9 Å². The molecule has 8 heteroatoms.